The minimum atomic E-state index is -0.0116. The highest BCUT2D eigenvalue weighted by atomic mass is 16.3. The first-order valence-electron chi connectivity index (χ1n) is 9.28. The fourth-order valence-electron chi connectivity index (χ4n) is 3.24. The number of hydrogen-bond acceptors (Lipinski definition) is 6. The van der Waals surface area contributed by atoms with Crippen LogP contribution in [0.4, 0.5) is 11.6 Å². The van der Waals surface area contributed by atoms with Crippen LogP contribution in [0.2, 0.25) is 0 Å². The molecule has 142 valence electrons. The summed E-state index contributed by atoms with van der Waals surface area (Å²) < 4.78 is 5.23. The molecule has 0 aliphatic carbocycles. The number of hydrogen-bond donors (Lipinski definition) is 1. The highest BCUT2D eigenvalue weighted by Crippen LogP contribution is 2.26. The summed E-state index contributed by atoms with van der Waals surface area (Å²) in [5.41, 5.74) is 0.902. The van der Waals surface area contributed by atoms with Crippen LogP contribution in [-0.4, -0.2) is 38.8 Å². The maximum absolute atomic E-state index is 12.5. The third kappa shape index (κ3) is 4.43. The minimum absolute atomic E-state index is 0.0116. The normalized spacial score (nSPS) is 17.0. The van der Waals surface area contributed by atoms with E-state index in [2.05, 4.69) is 20.3 Å². The smallest absolute Gasteiger partial charge is 0.246 e. The Labute approximate surface area is 163 Å². The van der Waals surface area contributed by atoms with Crippen LogP contribution in [0, 0.1) is 0 Å². The first-order valence-corrected chi connectivity index (χ1v) is 9.28. The SMILES string of the molecule is O=C(/C=C/c1ccco1)N1CCCC(c2cnc(Nc3ccccn3)cn2)C1. The maximum Gasteiger partial charge on any atom is 0.246 e. The molecular formula is C21H21N5O2. The summed E-state index contributed by atoms with van der Waals surface area (Å²) in [4.78, 5) is 27.5. The highest BCUT2D eigenvalue weighted by Gasteiger charge is 2.24. The van der Waals surface area contributed by atoms with E-state index in [-0.39, 0.29) is 11.8 Å². The van der Waals surface area contributed by atoms with Gasteiger partial charge in [0.2, 0.25) is 5.91 Å². The van der Waals surface area contributed by atoms with Gasteiger partial charge in [-0.2, -0.15) is 0 Å². The summed E-state index contributed by atoms with van der Waals surface area (Å²) in [5.74, 6) is 2.22. The molecule has 1 aliphatic rings. The van der Waals surface area contributed by atoms with E-state index >= 15 is 0 Å². The number of carbonyl (C=O) groups is 1. The average Bonchev–Trinajstić information content (AvgIpc) is 3.27. The zero-order valence-corrected chi connectivity index (χ0v) is 15.4. The molecule has 0 aromatic carbocycles. The molecular weight excluding hydrogens is 354 g/mol. The summed E-state index contributed by atoms with van der Waals surface area (Å²) in [5, 5.41) is 3.12. The van der Waals surface area contributed by atoms with E-state index in [4.69, 9.17) is 4.42 Å². The number of rotatable bonds is 5. The zero-order valence-electron chi connectivity index (χ0n) is 15.4. The molecule has 0 radical (unpaired) electrons. The van der Waals surface area contributed by atoms with Gasteiger partial charge in [-0.05, 0) is 43.2 Å². The van der Waals surface area contributed by atoms with Crippen molar-refractivity contribution in [2.24, 2.45) is 0 Å². The molecule has 1 N–H and O–H groups in total. The second kappa shape index (κ2) is 8.47. The monoisotopic (exact) mass is 375 g/mol. The predicted molar refractivity (Wildman–Crippen MR) is 106 cm³/mol. The molecule has 0 bridgehead atoms. The number of nitrogens with zero attached hydrogens (tertiary/aromatic N) is 4. The lowest BCUT2D eigenvalue weighted by Gasteiger charge is -2.31. The standard InChI is InChI=1S/C21H21N5O2/c27-21(9-8-17-6-4-12-28-17)26-11-3-5-16(15-26)18-13-24-20(14-23-18)25-19-7-1-2-10-22-19/h1-2,4,6-10,12-14,16H,3,5,11,15H2,(H,22,24,25)/b9-8+. The van der Waals surface area contributed by atoms with Crippen LogP contribution in [0.5, 0.6) is 0 Å². The van der Waals surface area contributed by atoms with Crippen molar-refractivity contribution in [2.75, 3.05) is 18.4 Å². The average molecular weight is 375 g/mol. The lowest BCUT2D eigenvalue weighted by atomic mass is 9.95. The fraction of sp³-hybridized carbons (Fsp3) is 0.238. The van der Waals surface area contributed by atoms with Crippen LogP contribution in [-0.2, 0) is 4.79 Å². The molecule has 3 aromatic heterocycles. The largest absolute Gasteiger partial charge is 0.465 e. The van der Waals surface area contributed by atoms with Gasteiger partial charge < -0.3 is 14.6 Å². The molecule has 4 rings (SSSR count). The molecule has 1 saturated heterocycles. The molecule has 3 aromatic rings. The summed E-state index contributed by atoms with van der Waals surface area (Å²) in [7, 11) is 0. The van der Waals surface area contributed by atoms with Crippen LogP contribution in [0.3, 0.4) is 0 Å². The van der Waals surface area contributed by atoms with Crippen LogP contribution < -0.4 is 5.32 Å². The topological polar surface area (TPSA) is 84.2 Å². The zero-order chi connectivity index (χ0) is 19.2. The van der Waals surface area contributed by atoms with Gasteiger partial charge in [-0.1, -0.05) is 6.07 Å². The number of nitrogens with one attached hydrogen (secondary N) is 1. The Bertz CT molecular complexity index is 923. The van der Waals surface area contributed by atoms with Crippen LogP contribution >= 0.6 is 0 Å². The Morgan fingerprint density at radius 3 is 2.86 bits per heavy atom. The number of furan rings is 1. The first kappa shape index (κ1) is 17.9. The fourth-order valence-corrected chi connectivity index (χ4v) is 3.24. The van der Waals surface area contributed by atoms with Gasteiger partial charge in [0.1, 0.15) is 17.4 Å². The van der Waals surface area contributed by atoms with Gasteiger partial charge in [-0.15, -0.1) is 0 Å². The van der Waals surface area contributed by atoms with E-state index in [1.54, 1.807) is 43.1 Å². The molecule has 7 heteroatoms. The van der Waals surface area contributed by atoms with Crippen molar-refractivity contribution < 1.29 is 9.21 Å². The van der Waals surface area contributed by atoms with Crippen LogP contribution in [0.15, 0.2) is 65.7 Å². The van der Waals surface area contributed by atoms with Crippen molar-refractivity contribution in [3.63, 3.8) is 0 Å². The molecule has 0 spiro atoms. The van der Waals surface area contributed by atoms with E-state index in [1.165, 1.54) is 0 Å². The number of anilines is 2. The molecule has 28 heavy (non-hydrogen) atoms. The Morgan fingerprint density at radius 1 is 1.14 bits per heavy atom. The molecule has 4 heterocycles. The van der Waals surface area contributed by atoms with Gasteiger partial charge >= 0.3 is 0 Å². The van der Waals surface area contributed by atoms with Crippen molar-refractivity contribution >= 4 is 23.6 Å². The molecule has 1 aliphatic heterocycles. The predicted octanol–water partition coefficient (Wildman–Crippen LogP) is 3.63. The quantitative estimate of drug-likeness (QED) is 0.686. The molecule has 1 amide bonds. The molecule has 1 unspecified atom stereocenters. The minimum Gasteiger partial charge on any atom is -0.465 e. The Morgan fingerprint density at radius 2 is 2.11 bits per heavy atom. The van der Waals surface area contributed by atoms with E-state index in [0.717, 1.165) is 30.9 Å². The second-order valence-electron chi connectivity index (χ2n) is 6.64. The third-order valence-electron chi connectivity index (χ3n) is 4.68. The molecule has 1 fully saturated rings. The summed E-state index contributed by atoms with van der Waals surface area (Å²) in [6.45, 7) is 1.40. The number of likely N-dealkylation sites (tertiary alicyclic amines) is 1. The van der Waals surface area contributed by atoms with Crippen molar-refractivity contribution in [3.05, 3.63) is 72.7 Å². The van der Waals surface area contributed by atoms with Gasteiger partial charge in [0.05, 0.1) is 24.4 Å². The van der Waals surface area contributed by atoms with Crippen molar-refractivity contribution in [1.82, 2.24) is 19.9 Å². The van der Waals surface area contributed by atoms with Gasteiger partial charge in [0, 0.05) is 31.3 Å². The van der Waals surface area contributed by atoms with Gasteiger partial charge in [-0.3, -0.25) is 9.78 Å². The van der Waals surface area contributed by atoms with Gasteiger partial charge in [0.15, 0.2) is 0 Å². The summed E-state index contributed by atoms with van der Waals surface area (Å²) in [6, 6.07) is 9.26. The Hall–Kier alpha value is -3.48. The third-order valence-corrected chi connectivity index (χ3v) is 4.68. The highest BCUT2D eigenvalue weighted by molar-refractivity contribution is 5.91. The maximum atomic E-state index is 12.5. The van der Waals surface area contributed by atoms with Crippen LogP contribution in [0.1, 0.15) is 30.2 Å². The van der Waals surface area contributed by atoms with Crippen LogP contribution in [0.25, 0.3) is 6.08 Å². The molecule has 0 saturated carbocycles. The lowest BCUT2D eigenvalue weighted by Crippen LogP contribution is -2.38. The number of pyridine rings is 1. The summed E-state index contributed by atoms with van der Waals surface area (Å²) >= 11 is 0. The van der Waals surface area contributed by atoms with Gasteiger partial charge in [-0.25, -0.2) is 9.97 Å². The summed E-state index contributed by atoms with van der Waals surface area (Å²) in [6.07, 6.45) is 12.0. The lowest BCUT2D eigenvalue weighted by molar-refractivity contribution is -0.127. The van der Waals surface area contributed by atoms with E-state index in [1.807, 2.05) is 29.2 Å². The van der Waals surface area contributed by atoms with E-state index in [9.17, 15) is 4.79 Å². The van der Waals surface area contributed by atoms with E-state index in [0.29, 0.717) is 18.1 Å². The number of piperidine rings is 1. The van der Waals surface area contributed by atoms with Crippen molar-refractivity contribution in [3.8, 4) is 0 Å². The molecule has 1 atom stereocenters. The first-order chi connectivity index (χ1) is 13.8. The van der Waals surface area contributed by atoms with Crippen molar-refractivity contribution in [2.45, 2.75) is 18.8 Å². The molecule has 7 nitrogen and oxygen atoms in total. The van der Waals surface area contributed by atoms with Gasteiger partial charge in [0.25, 0.3) is 0 Å². The number of amides is 1. The Balaban J connectivity index is 1.38. The second-order valence-corrected chi connectivity index (χ2v) is 6.64. The van der Waals surface area contributed by atoms with Crippen molar-refractivity contribution in [1.29, 1.82) is 0 Å². The number of carbonyl (C=O) groups excluding carboxylic acids is 1. The van der Waals surface area contributed by atoms with E-state index < -0.39 is 0 Å². The Kier molecular flexibility index (Phi) is 5.42. The number of aromatic nitrogens is 3.